The number of pyridine rings is 1. The normalized spacial score (nSPS) is 11.5. The molecule has 12 heteroatoms. The van der Waals surface area contributed by atoms with Crippen LogP contribution in [0.5, 0.6) is 17.2 Å². The molecule has 1 N–H and O–H groups in total. The summed E-state index contributed by atoms with van der Waals surface area (Å²) in [7, 11) is -1.05. The summed E-state index contributed by atoms with van der Waals surface area (Å²) in [5, 5.41) is 9.20. The molecule has 0 saturated carbocycles. The van der Waals surface area contributed by atoms with Crippen LogP contribution in [-0.4, -0.2) is 54.3 Å². The number of nitrogens with zero attached hydrogens (tertiary/aromatic N) is 3. The van der Waals surface area contributed by atoms with Crippen molar-refractivity contribution < 1.29 is 32.5 Å². The van der Waals surface area contributed by atoms with Crippen molar-refractivity contribution in [3.63, 3.8) is 0 Å². The van der Waals surface area contributed by atoms with E-state index in [9.17, 15) is 13.2 Å². The summed E-state index contributed by atoms with van der Waals surface area (Å²) in [5.41, 5.74) is 4.23. The zero-order chi connectivity index (χ0) is 28.5. The second-order valence-electron chi connectivity index (χ2n) is 8.92. The average molecular weight is 572 g/mol. The fraction of sp³-hybridized carbons (Fsp3) is 0.296. The number of hydrogen-bond acceptors (Lipinski definition) is 9. The van der Waals surface area contributed by atoms with E-state index in [1.54, 1.807) is 45.4 Å². The quantitative estimate of drug-likeness (QED) is 0.268. The van der Waals surface area contributed by atoms with Crippen LogP contribution in [0.1, 0.15) is 27.9 Å². The summed E-state index contributed by atoms with van der Waals surface area (Å²) < 4.78 is 45.9. The van der Waals surface area contributed by atoms with Gasteiger partial charge in [-0.3, -0.25) is 4.98 Å². The number of aryl methyl sites for hydroxylation is 3. The third-order valence-corrected chi connectivity index (χ3v) is 9.25. The van der Waals surface area contributed by atoms with Gasteiger partial charge in [-0.1, -0.05) is 11.8 Å². The largest absolute Gasteiger partial charge is 0.497 e. The van der Waals surface area contributed by atoms with Crippen LogP contribution in [0, 0.1) is 27.7 Å². The molecule has 206 valence electrons. The molecule has 0 fully saturated rings. The molecular weight excluding hydrogens is 542 g/mol. The number of methoxy groups -OCH3 is 2. The first-order valence-corrected chi connectivity index (χ1v) is 14.3. The fourth-order valence-corrected chi connectivity index (χ4v) is 7.60. The monoisotopic (exact) mass is 571 g/mol. The number of aliphatic carboxylic acids is 1. The van der Waals surface area contributed by atoms with Crippen molar-refractivity contribution in [1.29, 1.82) is 0 Å². The zero-order valence-electron chi connectivity index (χ0n) is 22.4. The molecular formula is C27H29N3O7S2. The van der Waals surface area contributed by atoms with Gasteiger partial charge in [0.2, 0.25) is 0 Å². The molecule has 0 aliphatic heterocycles. The third-order valence-electron chi connectivity index (χ3n) is 6.17. The first kappa shape index (κ1) is 28.2. The second kappa shape index (κ2) is 11.1. The molecule has 39 heavy (non-hydrogen) atoms. The van der Waals surface area contributed by atoms with Crippen LogP contribution < -0.4 is 14.2 Å². The van der Waals surface area contributed by atoms with E-state index in [-0.39, 0.29) is 15.8 Å². The maximum absolute atomic E-state index is 14.3. The first-order chi connectivity index (χ1) is 18.5. The Bertz CT molecular complexity index is 1660. The molecule has 0 amide bonds. The first-order valence-electron chi connectivity index (χ1n) is 11.9. The molecule has 2 aromatic carbocycles. The van der Waals surface area contributed by atoms with Gasteiger partial charge in [-0.05, 0) is 63.1 Å². The van der Waals surface area contributed by atoms with E-state index in [0.29, 0.717) is 33.7 Å². The SMILES string of the molecule is COc1ccc2nc(SCc3ncc(C)c(OC)c3C)n(S(=O)(=O)c3c(C)cc(OCC(=O)O)cc3C)c2c1. The smallest absolute Gasteiger partial charge is 0.341 e. The van der Waals surface area contributed by atoms with E-state index in [0.717, 1.165) is 22.6 Å². The number of carboxylic acid groups (broad SMARTS) is 1. The number of benzene rings is 2. The van der Waals surface area contributed by atoms with Crippen molar-refractivity contribution in [2.45, 2.75) is 43.5 Å². The Kier molecular flexibility index (Phi) is 8.07. The molecule has 0 atom stereocenters. The Hall–Kier alpha value is -3.77. The summed E-state index contributed by atoms with van der Waals surface area (Å²) in [6, 6.07) is 8.10. The number of aromatic nitrogens is 3. The van der Waals surface area contributed by atoms with E-state index >= 15 is 0 Å². The lowest BCUT2D eigenvalue weighted by atomic mass is 10.1. The molecule has 0 radical (unpaired) electrons. The molecule has 4 aromatic rings. The number of thioether (sulfide) groups is 1. The Morgan fingerprint density at radius 1 is 1.00 bits per heavy atom. The van der Waals surface area contributed by atoms with Crippen LogP contribution in [-0.2, 0) is 20.6 Å². The standard InChI is InChI=1S/C27H29N3O7S2/c1-15-9-20(37-13-24(31)32)10-16(2)26(15)39(33,34)30-23-11-19(35-5)7-8-21(23)29-27(30)38-14-22-18(4)25(36-6)17(3)12-28-22/h7-12H,13-14H2,1-6H3,(H,31,32). The number of ether oxygens (including phenoxy) is 3. The third kappa shape index (κ3) is 5.52. The summed E-state index contributed by atoms with van der Waals surface area (Å²) in [4.78, 5) is 20.2. The van der Waals surface area contributed by atoms with Gasteiger partial charge in [0.1, 0.15) is 17.2 Å². The number of fused-ring (bicyclic) bond motifs is 1. The summed E-state index contributed by atoms with van der Waals surface area (Å²) >= 11 is 1.25. The molecule has 2 heterocycles. The van der Waals surface area contributed by atoms with Crippen LogP contribution in [0.3, 0.4) is 0 Å². The van der Waals surface area contributed by atoms with Crippen LogP contribution >= 0.6 is 11.8 Å². The van der Waals surface area contributed by atoms with Gasteiger partial charge in [0.25, 0.3) is 10.0 Å². The molecule has 0 aliphatic rings. The fourth-order valence-electron chi connectivity index (χ4n) is 4.45. The highest BCUT2D eigenvalue weighted by molar-refractivity contribution is 7.99. The van der Waals surface area contributed by atoms with Crippen molar-refractivity contribution in [2.24, 2.45) is 0 Å². The Balaban J connectivity index is 1.84. The lowest BCUT2D eigenvalue weighted by Gasteiger charge is -2.16. The van der Waals surface area contributed by atoms with E-state index < -0.39 is 22.6 Å². The maximum atomic E-state index is 14.3. The lowest BCUT2D eigenvalue weighted by molar-refractivity contribution is -0.139. The Morgan fingerprint density at radius 3 is 2.31 bits per heavy atom. The van der Waals surface area contributed by atoms with Crippen LogP contribution in [0.15, 0.2) is 46.6 Å². The minimum Gasteiger partial charge on any atom is -0.497 e. The van der Waals surface area contributed by atoms with Crippen molar-refractivity contribution in [3.05, 3.63) is 64.5 Å². The highest BCUT2D eigenvalue weighted by Crippen LogP contribution is 2.36. The minimum absolute atomic E-state index is 0.0838. The van der Waals surface area contributed by atoms with Crippen molar-refractivity contribution in [2.75, 3.05) is 20.8 Å². The average Bonchev–Trinajstić information content (AvgIpc) is 3.25. The minimum atomic E-state index is -4.16. The number of carbonyl (C=O) groups is 1. The van der Waals surface area contributed by atoms with Gasteiger partial charge in [-0.25, -0.2) is 22.2 Å². The van der Waals surface area contributed by atoms with Gasteiger partial charge in [0.15, 0.2) is 11.8 Å². The Labute approximate surface area is 231 Å². The van der Waals surface area contributed by atoms with Gasteiger partial charge in [-0.15, -0.1) is 0 Å². The van der Waals surface area contributed by atoms with E-state index in [2.05, 4.69) is 9.97 Å². The van der Waals surface area contributed by atoms with Gasteiger partial charge in [-0.2, -0.15) is 0 Å². The zero-order valence-corrected chi connectivity index (χ0v) is 24.1. The van der Waals surface area contributed by atoms with Gasteiger partial charge in [0, 0.05) is 29.1 Å². The summed E-state index contributed by atoms with van der Waals surface area (Å²) in [6.45, 7) is 6.59. The molecule has 4 rings (SSSR count). The number of imidazole rings is 1. The maximum Gasteiger partial charge on any atom is 0.341 e. The number of rotatable bonds is 10. The van der Waals surface area contributed by atoms with Crippen molar-refractivity contribution >= 4 is 38.8 Å². The van der Waals surface area contributed by atoms with Gasteiger partial charge >= 0.3 is 5.97 Å². The number of hydrogen-bond donors (Lipinski definition) is 1. The topological polar surface area (TPSA) is 130 Å². The van der Waals surface area contributed by atoms with Crippen molar-refractivity contribution in [1.82, 2.24) is 13.9 Å². The summed E-state index contributed by atoms with van der Waals surface area (Å²) in [6.07, 6.45) is 1.73. The Morgan fingerprint density at radius 2 is 1.69 bits per heavy atom. The highest BCUT2D eigenvalue weighted by atomic mass is 32.2. The van der Waals surface area contributed by atoms with E-state index in [1.807, 2.05) is 13.8 Å². The second-order valence-corrected chi connectivity index (χ2v) is 11.6. The van der Waals surface area contributed by atoms with Gasteiger partial charge < -0.3 is 19.3 Å². The lowest BCUT2D eigenvalue weighted by Crippen LogP contribution is -2.17. The number of carboxylic acids is 1. The molecule has 10 nitrogen and oxygen atoms in total. The predicted molar refractivity (Wildman–Crippen MR) is 148 cm³/mol. The van der Waals surface area contributed by atoms with Crippen LogP contribution in [0.4, 0.5) is 0 Å². The molecule has 2 aromatic heterocycles. The predicted octanol–water partition coefficient (Wildman–Crippen LogP) is 4.67. The molecule has 0 spiro atoms. The van der Waals surface area contributed by atoms with Crippen molar-refractivity contribution in [3.8, 4) is 17.2 Å². The molecule has 0 bridgehead atoms. The van der Waals surface area contributed by atoms with Gasteiger partial charge in [0.05, 0.1) is 35.8 Å². The highest BCUT2D eigenvalue weighted by Gasteiger charge is 2.29. The summed E-state index contributed by atoms with van der Waals surface area (Å²) in [5.74, 6) is 0.731. The van der Waals surface area contributed by atoms with E-state index in [4.69, 9.17) is 19.3 Å². The molecule has 0 unspecified atom stereocenters. The van der Waals surface area contributed by atoms with Crippen LogP contribution in [0.25, 0.3) is 11.0 Å². The van der Waals surface area contributed by atoms with Crippen LogP contribution in [0.2, 0.25) is 0 Å². The molecule has 0 saturated heterocycles. The van der Waals surface area contributed by atoms with E-state index in [1.165, 1.54) is 35.0 Å². The molecule has 0 aliphatic carbocycles.